The van der Waals surface area contributed by atoms with E-state index < -0.39 is 24.0 Å². The van der Waals surface area contributed by atoms with Gasteiger partial charge in [0.1, 0.15) is 0 Å². The van der Waals surface area contributed by atoms with E-state index in [1.165, 1.54) is 22.3 Å². The zero-order valence-corrected chi connectivity index (χ0v) is 25.0. The minimum Gasteiger partial charge on any atom is -0.479 e. The molecule has 1 aliphatic heterocycles. The van der Waals surface area contributed by atoms with Crippen molar-refractivity contribution in [2.75, 3.05) is 26.2 Å². The molecule has 230 valence electrons. The Hall–Kier alpha value is -4.79. The molecule has 0 aromatic heterocycles. The second kappa shape index (κ2) is 13.5. The number of carbonyl (C=O) groups is 3. The number of piperazine rings is 1. The minimum atomic E-state index is -1.77. The molecule has 1 saturated heterocycles. The molecule has 0 saturated carbocycles. The van der Waals surface area contributed by atoms with Crippen molar-refractivity contribution in [2.45, 2.75) is 37.5 Å². The third kappa shape index (κ3) is 6.67. The second-order valence-corrected chi connectivity index (χ2v) is 11.8. The average molecular weight is 604 g/mol. The molecule has 2 aliphatic rings. The van der Waals surface area contributed by atoms with Gasteiger partial charge in [0, 0.05) is 37.3 Å². The normalized spacial score (nSPS) is 16.5. The second-order valence-electron chi connectivity index (χ2n) is 11.8. The number of aliphatic hydroxyl groups is 1. The van der Waals surface area contributed by atoms with E-state index in [0.717, 1.165) is 31.5 Å². The number of aryl methyl sites for hydroxylation is 2. The van der Waals surface area contributed by atoms with Crippen LogP contribution in [-0.2, 0) is 24.1 Å². The highest BCUT2D eigenvalue weighted by molar-refractivity contribution is 5.98. The molecule has 1 aliphatic carbocycles. The molecule has 1 fully saturated rings. The van der Waals surface area contributed by atoms with Gasteiger partial charge in [0.25, 0.3) is 11.8 Å². The molecule has 45 heavy (non-hydrogen) atoms. The number of carbonyl (C=O) groups excluding carboxylic acids is 2. The fraction of sp³-hybridized carbons (Fsp3) is 0.270. The molecular weight excluding hydrogens is 566 g/mol. The van der Waals surface area contributed by atoms with E-state index in [1.807, 2.05) is 35.2 Å². The predicted molar refractivity (Wildman–Crippen MR) is 171 cm³/mol. The van der Waals surface area contributed by atoms with Gasteiger partial charge in [0.15, 0.2) is 6.10 Å². The van der Waals surface area contributed by atoms with Crippen molar-refractivity contribution in [1.82, 2.24) is 15.1 Å². The molecule has 1 heterocycles. The Morgan fingerprint density at radius 1 is 0.711 bits per heavy atom. The lowest BCUT2D eigenvalue weighted by Crippen LogP contribution is -2.50. The maximum Gasteiger partial charge on any atom is 0.334 e. The van der Waals surface area contributed by atoms with Gasteiger partial charge >= 0.3 is 5.97 Å². The number of nitrogens with one attached hydrogen (secondary N) is 1. The van der Waals surface area contributed by atoms with Gasteiger partial charge in [-0.05, 0) is 71.3 Å². The number of hydrogen-bond donors (Lipinski definition) is 3. The zero-order chi connectivity index (χ0) is 31.3. The van der Waals surface area contributed by atoms with Gasteiger partial charge in [0.2, 0.25) is 0 Å². The summed E-state index contributed by atoms with van der Waals surface area (Å²) in [6.07, 6.45) is 0.419. The van der Waals surface area contributed by atoms with Crippen LogP contribution in [0.25, 0.3) is 0 Å². The summed E-state index contributed by atoms with van der Waals surface area (Å²) in [6, 6.07) is 32.0. The number of nitrogens with zero attached hydrogens (tertiary/aromatic N) is 2. The van der Waals surface area contributed by atoms with Gasteiger partial charge in [-0.15, -0.1) is 0 Å². The first-order valence-electron chi connectivity index (χ1n) is 15.4. The molecule has 0 bridgehead atoms. The largest absolute Gasteiger partial charge is 0.479 e. The van der Waals surface area contributed by atoms with Crippen molar-refractivity contribution >= 4 is 17.8 Å². The number of aliphatic hydroxyl groups excluding tert-OH is 1. The SMILES string of the molecule is O=C(N[C@@H](Cc1ccccc1)[C@@H](O)C(=O)O)c1ccc(C(=O)N2CCN(C3c4ccccc4CCc4ccccc43)CC2)cc1. The molecule has 2 amide bonds. The summed E-state index contributed by atoms with van der Waals surface area (Å²) < 4.78 is 0. The number of aliphatic carboxylic acids is 1. The van der Waals surface area contributed by atoms with Crippen LogP contribution in [0.15, 0.2) is 103 Å². The first kappa shape index (κ1) is 30.2. The quantitative estimate of drug-likeness (QED) is 0.280. The van der Waals surface area contributed by atoms with E-state index in [9.17, 15) is 24.6 Å². The first-order chi connectivity index (χ1) is 21.9. The van der Waals surface area contributed by atoms with E-state index in [2.05, 4.69) is 58.7 Å². The van der Waals surface area contributed by atoms with E-state index in [0.29, 0.717) is 18.7 Å². The van der Waals surface area contributed by atoms with Crippen LogP contribution >= 0.6 is 0 Å². The standard InChI is InChI=1S/C37H37N3O5/c41-34(37(44)45)32(24-25-8-2-1-3-9-25)38-35(42)28-16-18-29(19-17-28)36(43)40-22-20-39(21-23-40)33-30-12-6-4-10-26(30)14-15-27-11-5-7-13-31(27)33/h1-13,16-19,32-34,41H,14-15,20-24H2,(H,38,42)(H,44,45)/t32-,34+/m0/s1. The molecule has 3 N–H and O–H groups in total. The predicted octanol–water partition coefficient (Wildman–Crippen LogP) is 4.12. The van der Waals surface area contributed by atoms with Crippen molar-refractivity contribution in [3.05, 3.63) is 142 Å². The van der Waals surface area contributed by atoms with Crippen LogP contribution in [0.5, 0.6) is 0 Å². The molecule has 4 aromatic carbocycles. The first-order valence-corrected chi connectivity index (χ1v) is 15.4. The summed E-state index contributed by atoms with van der Waals surface area (Å²) in [6.45, 7) is 2.68. The summed E-state index contributed by atoms with van der Waals surface area (Å²) in [5, 5.41) is 22.3. The third-order valence-corrected chi connectivity index (χ3v) is 8.97. The van der Waals surface area contributed by atoms with Crippen LogP contribution in [0, 0.1) is 0 Å². The van der Waals surface area contributed by atoms with E-state index in [4.69, 9.17) is 0 Å². The van der Waals surface area contributed by atoms with Crippen molar-refractivity contribution in [3.8, 4) is 0 Å². The number of benzene rings is 4. The molecule has 0 spiro atoms. The van der Waals surface area contributed by atoms with Gasteiger partial charge in [-0.2, -0.15) is 0 Å². The smallest absolute Gasteiger partial charge is 0.334 e. The Bertz CT molecular complexity index is 1620. The lowest BCUT2D eigenvalue weighted by Gasteiger charge is -2.40. The maximum atomic E-state index is 13.5. The fourth-order valence-corrected chi connectivity index (χ4v) is 6.55. The van der Waals surface area contributed by atoms with Crippen LogP contribution in [-0.4, -0.2) is 76.1 Å². The summed E-state index contributed by atoms with van der Waals surface area (Å²) in [7, 11) is 0. The van der Waals surface area contributed by atoms with Crippen molar-refractivity contribution in [3.63, 3.8) is 0 Å². The van der Waals surface area contributed by atoms with Gasteiger partial charge in [-0.3, -0.25) is 14.5 Å². The van der Waals surface area contributed by atoms with E-state index in [1.54, 1.807) is 24.3 Å². The molecule has 8 heteroatoms. The topological polar surface area (TPSA) is 110 Å². The van der Waals surface area contributed by atoms with Crippen LogP contribution < -0.4 is 5.32 Å². The van der Waals surface area contributed by atoms with Gasteiger partial charge in [-0.1, -0.05) is 78.9 Å². The Morgan fingerprint density at radius 3 is 1.82 bits per heavy atom. The molecule has 2 atom stereocenters. The molecule has 4 aromatic rings. The maximum absolute atomic E-state index is 13.5. The van der Waals surface area contributed by atoms with Gasteiger partial charge in [0.05, 0.1) is 12.1 Å². The van der Waals surface area contributed by atoms with Gasteiger partial charge < -0.3 is 20.4 Å². The average Bonchev–Trinajstić information content (AvgIpc) is 3.25. The van der Waals surface area contributed by atoms with Crippen LogP contribution in [0.1, 0.15) is 54.6 Å². The molecule has 0 radical (unpaired) electrons. The van der Waals surface area contributed by atoms with Crippen LogP contribution in [0.3, 0.4) is 0 Å². The van der Waals surface area contributed by atoms with E-state index in [-0.39, 0.29) is 23.9 Å². The van der Waals surface area contributed by atoms with Gasteiger partial charge in [-0.25, -0.2) is 4.79 Å². The van der Waals surface area contributed by atoms with Crippen LogP contribution in [0.2, 0.25) is 0 Å². The third-order valence-electron chi connectivity index (χ3n) is 8.97. The monoisotopic (exact) mass is 603 g/mol. The number of amides is 2. The van der Waals surface area contributed by atoms with E-state index >= 15 is 0 Å². The highest BCUT2D eigenvalue weighted by Crippen LogP contribution is 2.37. The Balaban J connectivity index is 1.11. The molecule has 8 nitrogen and oxygen atoms in total. The van der Waals surface area contributed by atoms with Crippen molar-refractivity contribution in [1.29, 1.82) is 0 Å². The summed E-state index contributed by atoms with van der Waals surface area (Å²) >= 11 is 0. The van der Waals surface area contributed by atoms with Crippen LogP contribution in [0.4, 0.5) is 0 Å². The highest BCUT2D eigenvalue weighted by Gasteiger charge is 2.32. The Labute approximate surface area is 262 Å². The summed E-state index contributed by atoms with van der Waals surface area (Å²) in [4.78, 5) is 42.3. The number of fused-ring (bicyclic) bond motifs is 2. The number of carboxylic acid groups (broad SMARTS) is 1. The summed E-state index contributed by atoms with van der Waals surface area (Å²) in [5.41, 5.74) is 7.00. The van der Waals surface area contributed by atoms with Crippen molar-refractivity contribution < 1.29 is 24.6 Å². The number of carboxylic acids is 1. The minimum absolute atomic E-state index is 0.0912. The Kier molecular flexibility index (Phi) is 9.05. The zero-order valence-electron chi connectivity index (χ0n) is 25.0. The lowest BCUT2D eigenvalue weighted by molar-refractivity contribution is -0.148. The van der Waals surface area contributed by atoms with Crippen molar-refractivity contribution in [2.24, 2.45) is 0 Å². The molecule has 0 unspecified atom stereocenters. The molecular formula is C37H37N3O5. The highest BCUT2D eigenvalue weighted by atomic mass is 16.4. The fourth-order valence-electron chi connectivity index (χ4n) is 6.55. The Morgan fingerprint density at radius 2 is 1.24 bits per heavy atom. The lowest BCUT2D eigenvalue weighted by atomic mass is 9.92. The number of rotatable bonds is 8. The summed E-state index contributed by atoms with van der Waals surface area (Å²) in [5.74, 6) is -2.02. The molecule has 6 rings (SSSR count). The number of hydrogen-bond acceptors (Lipinski definition) is 5.